The van der Waals surface area contributed by atoms with Crippen molar-refractivity contribution in [1.82, 2.24) is 15.2 Å². The van der Waals surface area contributed by atoms with Crippen LogP contribution in [0, 0.1) is 6.92 Å². The molecule has 0 spiro atoms. The summed E-state index contributed by atoms with van der Waals surface area (Å²) in [5, 5.41) is 3.65. The summed E-state index contributed by atoms with van der Waals surface area (Å²) in [4.78, 5) is 8.37. The summed E-state index contributed by atoms with van der Waals surface area (Å²) < 4.78 is 0. The van der Waals surface area contributed by atoms with Gasteiger partial charge in [0.2, 0.25) is 0 Å². The fraction of sp³-hybridized carbons (Fsp3) is 0.786. The third kappa shape index (κ3) is 4.04. The van der Waals surface area contributed by atoms with Crippen molar-refractivity contribution >= 4 is 11.3 Å². The van der Waals surface area contributed by atoms with Gasteiger partial charge < -0.3 is 5.32 Å². The molecule has 1 atom stereocenters. The summed E-state index contributed by atoms with van der Waals surface area (Å²) >= 11 is 1.79. The van der Waals surface area contributed by atoms with E-state index >= 15 is 0 Å². The third-order valence-electron chi connectivity index (χ3n) is 3.64. The number of hydrogen-bond donors (Lipinski definition) is 1. The van der Waals surface area contributed by atoms with Gasteiger partial charge >= 0.3 is 0 Å². The molecule has 0 aromatic carbocycles. The van der Waals surface area contributed by atoms with E-state index in [0.29, 0.717) is 6.04 Å². The van der Waals surface area contributed by atoms with Gasteiger partial charge in [-0.2, -0.15) is 0 Å². The van der Waals surface area contributed by atoms with E-state index in [2.05, 4.69) is 29.0 Å². The van der Waals surface area contributed by atoms with Crippen LogP contribution in [0.25, 0.3) is 0 Å². The molecule has 4 heteroatoms. The number of aryl methyl sites for hydroxylation is 1. The molecule has 0 radical (unpaired) electrons. The molecule has 1 aromatic heterocycles. The molecule has 3 nitrogen and oxygen atoms in total. The first-order valence-corrected chi connectivity index (χ1v) is 8.02. The van der Waals surface area contributed by atoms with Crippen LogP contribution in [0.2, 0.25) is 0 Å². The Bertz CT molecular complexity index is 345. The van der Waals surface area contributed by atoms with E-state index in [9.17, 15) is 0 Å². The molecule has 1 aliphatic rings. The maximum absolute atomic E-state index is 4.35. The highest BCUT2D eigenvalue weighted by molar-refractivity contribution is 7.09. The summed E-state index contributed by atoms with van der Waals surface area (Å²) in [5.74, 6) is 0. The monoisotopic (exact) mass is 267 g/mol. The Labute approximate surface area is 115 Å². The molecule has 2 heterocycles. The minimum atomic E-state index is 0.693. The van der Waals surface area contributed by atoms with Crippen molar-refractivity contribution in [3.8, 4) is 0 Å². The van der Waals surface area contributed by atoms with E-state index in [1.54, 1.807) is 11.3 Å². The second-order valence-corrected chi connectivity index (χ2v) is 6.18. The van der Waals surface area contributed by atoms with Gasteiger partial charge in [0.15, 0.2) is 0 Å². The number of hydrogen-bond acceptors (Lipinski definition) is 4. The Hall–Kier alpha value is -0.450. The maximum Gasteiger partial charge on any atom is 0.0798 e. The first kappa shape index (κ1) is 14.0. The lowest BCUT2D eigenvalue weighted by Gasteiger charge is -2.30. The fourth-order valence-electron chi connectivity index (χ4n) is 2.62. The Morgan fingerprint density at radius 3 is 3.00 bits per heavy atom. The third-order valence-corrected chi connectivity index (χ3v) is 4.56. The molecule has 2 rings (SSSR count). The molecule has 0 bridgehead atoms. The Morgan fingerprint density at radius 1 is 1.50 bits per heavy atom. The molecule has 1 saturated heterocycles. The van der Waals surface area contributed by atoms with Gasteiger partial charge in [-0.25, -0.2) is 4.98 Å². The summed E-state index contributed by atoms with van der Waals surface area (Å²) in [6.45, 7) is 9.03. The molecule has 1 unspecified atom stereocenters. The van der Waals surface area contributed by atoms with Crippen LogP contribution in [-0.4, -0.2) is 35.6 Å². The van der Waals surface area contributed by atoms with Gasteiger partial charge in [-0.3, -0.25) is 4.90 Å². The van der Waals surface area contributed by atoms with Crippen LogP contribution in [0.4, 0.5) is 0 Å². The van der Waals surface area contributed by atoms with Crippen LogP contribution in [0.3, 0.4) is 0 Å². The molecule has 1 fully saturated rings. The van der Waals surface area contributed by atoms with Crippen LogP contribution < -0.4 is 5.32 Å². The fourth-order valence-corrected chi connectivity index (χ4v) is 3.44. The lowest BCUT2D eigenvalue weighted by molar-refractivity contribution is 0.218. The molecule has 1 N–H and O–H groups in total. The molecule has 18 heavy (non-hydrogen) atoms. The van der Waals surface area contributed by atoms with Crippen molar-refractivity contribution in [3.63, 3.8) is 0 Å². The lowest BCUT2D eigenvalue weighted by Crippen LogP contribution is -2.43. The van der Waals surface area contributed by atoms with E-state index in [0.717, 1.165) is 6.54 Å². The van der Waals surface area contributed by atoms with Crippen molar-refractivity contribution in [1.29, 1.82) is 0 Å². The molecular weight excluding hydrogens is 242 g/mol. The van der Waals surface area contributed by atoms with E-state index in [1.807, 2.05) is 5.51 Å². The zero-order valence-corrected chi connectivity index (χ0v) is 12.4. The molecule has 1 aromatic rings. The van der Waals surface area contributed by atoms with Crippen molar-refractivity contribution in [2.24, 2.45) is 0 Å². The predicted octanol–water partition coefficient (Wildman–Crippen LogP) is 2.81. The smallest absolute Gasteiger partial charge is 0.0798 e. The largest absolute Gasteiger partial charge is 0.313 e. The second-order valence-electron chi connectivity index (χ2n) is 5.24. The second kappa shape index (κ2) is 7.22. The van der Waals surface area contributed by atoms with Gasteiger partial charge in [0.05, 0.1) is 11.2 Å². The Balaban J connectivity index is 1.88. The highest BCUT2D eigenvalue weighted by Gasteiger charge is 2.17. The summed E-state index contributed by atoms with van der Waals surface area (Å²) in [5.41, 5.74) is 3.17. The molecule has 102 valence electrons. The van der Waals surface area contributed by atoms with Gasteiger partial charge in [-0.05, 0) is 39.3 Å². The average molecular weight is 267 g/mol. The highest BCUT2D eigenvalue weighted by Crippen LogP contribution is 2.17. The number of rotatable bonds is 6. The van der Waals surface area contributed by atoms with Gasteiger partial charge in [0, 0.05) is 24.0 Å². The molecule has 0 aliphatic carbocycles. The molecule has 1 aliphatic heterocycles. The first-order chi connectivity index (χ1) is 8.79. The quantitative estimate of drug-likeness (QED) is 0.859. The molecule has 0 saturated carbocycles. The number of aromatic nitrogens is 1. The lowest BCUT2D eigenvalue weighted by atomic mass is 10.0. The van der Waals surface area contributed by atoms with Gasteiger partial charge in [-0.1, -0.05) is 13.3 Å². The van der Waals surface area contributed by atoms with Crippen molar-refractivity contribution in [2.75, 3.05) is 19.6 Å². The van der Waals surface area contributed by atoms with Crippen LogP contribution in [0.1, 0.15) is 43.2 Å². The zero-order valence-electron chi connectivity index (χ0n) is 11.6. The normalized spacial score (nSPS) is 20.5. The number of thiazole rings is 1. The van der Waals surface area contributed by atoms with Crippen LogP contribution in [0.15, 0.2) is 5.51 Å². The Kier molecular flexibility index (Phi) is 5.60. The molecule has 0 amide bonds. The Morgan fingerprint density at radius 2 is 2.39 bits per heavy atom. The van der Waals surface area contributed by atoms with Gasteiger partial charge in [-0.15, -0.1) is 11.3 Å². The van der Waals surface area contributed by atoms with Gasteiger partial charge in [0.1, 0.15) is 0 Å². The van der Waals surface area contributed by atoms with E-state index in [-0.39, 0.29) is 0 Å². The minimum absolute atomic E-state index is 0.693. The topological polar surface area (TPSA) is 28.2 Å². The van der Waals surface area contributed by atoms with Crippen molar-refractivity contribution in [3.05, 3.63) is 16.1 Å². The van der Waals surface area contributed by atoms with Crippen LogP contribution in [-0.2, 0) is 6.54 Å². The van der Waals surface area contributed by atoms with E-state index < -0.39 is 0 Å². The summed E-state index contributed by atoms with van der Waals surface area (Å²) in [6.07, 6.45) is 5.29. The summed E-state index contributed by atoms with van der Waals surface area (Å²) in [7, 11) is 0. The zero-order chi connectivity index (χ0) is 12.8. The predicted molar refractivity (Wildman–Crippen MR) is 78.1 cm³/mol. The average Bonchev–Trinajstić information content (AvgIpc) is 2.77. The van der Waals surface area contributed by atoms with Crippen LogP contribution in [0.5, 0.6) is 0 Å². The maximum atomic E-state index is 4.35. The number of nitrogens with one attached hydrogen (secondary N) is 1. The minimum Gasteiger partial charge on any atom is -0.313 e. The van der Waals surface area contributed by atoms with Crippen molar-refractivity contribution < 1.29 is 0 Å². The van der Waals surface area contributed by atoms with Crippen molar-refractivity contribution in [2.45, 2.75) is 52.1 Å². The standard InChI is InChI=1S/C14H25N3S/c1-3-8-17(9-13-6-4-5-7-15-13)10-14-12(2)16-11-18-14/h11,13,15H,3-10H2,1-2H3. The first-order valence-electron chi connectivity index (χ1n) is 7.14. The number of nitrogens with zero attached hydrogens (tertiary/aromatic N) is 2. The van der Waals surface area contributed by atoms with E-state index in [1.165, 1.54) is 55.9 Å². The van der Waals surface area contributed by atoms with E-state index in [4.69, 9.17) is 0 Å². The SMILES string of the molecule is CCCN(Cc1scnc1C)CC1CCCCN1. The number of piperidine rings is 1. The molecular formula is C14H25N3S. The summed E-state index contributed by atoms with van der Waals surface area (Å²) in [6, 6.07) is 0.693. The van der Waals surface area contributed by atoms with Gasteiger partial charge in [0.25, 0.3) is 0 Å². The highest BCUT2D eigenvalue weighted by atomic mass is 32.1. The van der Waals surface area contributed by atoms with Crippen LogP contribution >= 0.6 is 11.3 Å².